The maximum Gasteiger partial charge on any atom is 0.330 e. The average molecular weight is 206 g/mol. The summed E-state index contributed by atoms with van der Waals surface area (Å²) in [4.78, 5) is 10.3. The number of hydrogen-bond donors (Lipinski definition) is 2. The molecule has 0 aromatic heterocycles. The Hall–Kier alpha value is -0.480. The number of thiol groups is 1. The van der Waals surface area contributed by atoms with Crippen molar-refractivity contribution in [3.05, 3.63) is 12.7 Å². The minimum atomic E-state index is -0.330. The van der Waals surface area contributed by atoms with Crippen molar-refractivity contribution >= 4 is 18.6 Å². The van der Waals surface area contributed by atoms with Crippen molar-refractivity contribution in [1.82, 2.24) is 0 Å². The molecule has 0 aliphatic rings. The Morgan fingerprint density at radius 2 is 2.23 bits per heavy atom. The van der Waals surface area contributed by atoms with Gasteiger partial charge in [0.25, 0.3) is 0 Å². The van der Waals surface area contributed by atoms with E-state index in [0.29, 0.717) is 12.4 Å². The summed E-state index contributed by atoms with van der Waals surface area (Å²) in [6.45, 7) is 6.01. The summed E-state index contributed by atoms with van der Waals surface area (Å²) in [7, 11) is 0. The van der Waals surface area contributed by atoms with Gasteiger partial charge in [-0.25, -0.2) is 4.79 Å². The van der Waals surface area contributed by atoms with E-state index in [1.165, 1.54) is 6.08 Å². The molecule has 0 aromatic carbocycles. The molecule has 0 saturated heterocycles. The highest BCUT2D eigenvalue weighted by atomic mass is 32.1. The summed E-state index contributed by atoms with van der Waals surface area (Å²) in [5.74, 6) is 0.239. The minimum absolute atomic E-state index is 0.184. The Morgan fingerprint density at radius 1 is 1.69 bits per heavy atom. The number of unbranched alkanes of at least 4 members (excludes halogenated alkanes) is 1. The van der Waals surface area contributed by atoms with Gasteiger partial charge < -0.3 is 9.84 Å². The smallest absolute Gasteiger partial charge is 0.330 e. The van der Waals surface area contributed by atoms with Crippen LogP contribution < -0.4 is 0 Å². The molecule has 0 aliphatic carbocycles. The lowest BCUT2D eigenvalue weighted by atomic mass is 10.4. The fourth-order valence-electron chi connectivity index (χ4n) is 0.376. The van der Waals surface area contributed by atoms with E-state index in [1.807, 2.05) is 6.92 Å². The van der Waals surface area contributed by atoms with Crippen molar-refractivity contribution in [3.63, 3.8) is 0 Å². The molecule has 0 aromatic rings. The van der Waals surface area contributed by atoms with Gasteiger partial charge in [-0.05, 0) is 6.42 Å². The second-order valence-corrected chi connectivity index (χ2v) is 2.62. The number of esters is 1. The maximum atomic E-state index is 10.3. The van der Waals surface area contributed by atoms with Crippen LogP contribution in [0.3, 0.4) is 0 Å². The molecule has 0 amide bonds. The van der Waals surface area contributed by atoms with E-state index in [9.17, 15) is 4.79 Å². The predicted molar refractivity (Wildman–Crippen MR) is 57.0 cm³/mol. The third kappa shape index (κ3) is 18.5. The molecular formula is C9H18O3S. The summed E-state index contributed by atoms with van der Waals surface area (Å²) in [6.07, 6.45) is 3.15. The van der Waals surface area contributed by atoms with Gasteiger partial charge in [0.1, 0.15) is 0 Å². The molecule has 0 aliphatic heterocycles. The Morgan fingerprint density at radius 3 is 2.54 bits per heavy atom. The largest absolute Gasteiger partial charge is 0.463 e. The lowest BCUT2D eigenvalue weighted by molar-refractivity contribution is -0.137. The lowest BCUT2D eigenvalue weighted by Crippen LogP contribution is -2.00. The molecule has 0 bridgehead atoms. The van der Waals surface area contributed by atoms with E-state index in [4.69, 9.17) is 5.11 Å². The maximum absolute atomic E-state index is 10.3. The standard InChI is InChI=1S/C7H12O2.C2H6OS/c1-3-5-6-9-7(8)4-2;3-1-2-4/h4H,2-3,5-6H2,1H3;3-4H,1-2H2. The molecule has 1 N–H and O–H groups in total. The monoisotopic (exact) mass is 206 g/mol. The van der Waals surface area contributed by atoms with Crippen LogP contribution in [0.5, 0.6) is 0 Å². The van der Waals surface area contributed by atoms with Gasteiger partial charge in [0.05, 0.1) is 13.2 Å². The summed E-state index contributed by atoms with van der Waals surface area (Å²) in [6, 6.07) is 0. The number of carbonyl (C=O) groups is 1. The van der Waals surface area contributed by atoms with E-state index in [-0.39, 0.29) is 12.6 Å². The molecule has 0 rings (SSSR count). The summed E-state index contributed by atoms with van der Waals surface area (Å²) >= 11 is 3.67. The predicted octanol–water partition coefficient (Wildman–Crippen LogP) is 1.42. The highest BCUT2D eigenvalue weighted by Gasteiger charge is 1.91. The van der Waals surface area contributed by atoms with Crippen LogP contribution in [0.1, 0.15) is 19.8 Å². The second-order valence-electron chi connectivity index (χ2n) is 2.17. The van der Waals surface area contributed by atoms with Crippen LogP contribution in [-0.4, -0.2) is 30.0 Å². The molecule has 78 valence electrons. The number of ether oxygens (including phenoxy) is 1. The van der Waals surface area contributed by atoms with Crippen LogP contribution in [0.25, 0.3) is 0 Å². The van der Waals surface area contributed by atoms with Crippen molar-refractivity contribution < 1.29 is 14.6 Å². The van der Waals surface area contributed by atoms with Gasteiger partial charge in [-0.15, -0.1) is 0 Å². The van der Waals surface area contributed by atoms with Gasteiger partial charge in [-0.3, -0.25) is 0 Å². The molecule has 0 unspecified atom stereocenters. The molecule has 0 radical (unpaired) electrons. The van der Waals surface area contributed by atoms with Gasteiger partial charge in [-0.2, -0.15) is 12.6 Å². The van der Waals surface area contributed by atoms with Crippen LogP contribution in [0.15, 0.2) is 12.7 Å². The topological polar surface area (TPSA) is 46.5 Å². The van der Waals surface area contributed by atoms with Crippen molar-refractivity contribution in [1.29, 1.82) is 0 Å². The SMILES string of the molecule is C=CC(=O)OCCCC.OCCS. The van der Waals surface area contributed by atoms with Crippen LogP contribution in [0, 0.1) is 0 Å². The van der Waals surface area contributed by atoms with Crippen LogP contribution in [-0.2, 0) is 9.53 Å². The Bertz CT molecular complexity index is 124. The number of aliphatic hydroxyl groups excluding tert-OH is 1. The molecule has 4 heteroatoms. The third-order valence-electron chi connectivity index (χ3n) is 1.01. The van der Waals surface area contributed by atoms with E-state index < -0.39 is 0 Å². The quantitative estimate of drug-likeness (QED) is 0.309. The average Bonchev–Trinajstić information content (AvgIpc) is 2.18. The van der Waals surface area contributed by atoms with E-state index in [1.54, 1.807) is 0 Å². The Kier molecular flexibility index (Phi) is 16.2. The van der Waals surface area contributed by atoms with Crippen LogP contribution >= 0.6 is 12.6 Å². The van der Waals surface area contributed by atoms with Crippen molar-refractivity contribution in [2.75, 3.05) is 19.0 Å². The molecule has 13 heavy (non-hydrogen) atoms. The first kappa shape index (κ1) is 15.0. The van der Waals surface area contributed by atoms with Gasteiger partial charge in [0.15, 0.2) is 0 Å². The van der Waals surface area contributed by atoms with Gasteiger partial charge >= 0.3 is 5.97 Å². The van der Waals surface area contributed by atoms with E-state index in [0.717, 1.165) is 12.8 Å². The second kappa shape index (κ2) is 14.1. The first-order chi connectivity index (χ1) is 6.22. The first-order valence-corrected chi connectivity index (χ1v) is 4.87. The van der Waals surface area contributed by atoms with Crippen molar-refractivity contribution in [2.45, 2.75) is 19.8 Å². The van der Waals surface area contributed by atoms with E-state index in [2.05, 4.69) is 23.9 Å². The molecule has 0 saturated carbocycles. The minimum Gasteiger partial charge on any atom is -0.463 e. The van der Waals surface area contributed by atoms with Crippen molar-refractivity contribution in [2.24, 2.45) is 0 Å². The number of carbonyl (C=O) groups excluding carboxylic acids is 1. The molecule has 3 nitrogen and oxygen atoms in total. The highest BCUT2D eigenvalue weighted by molar-refractivity contribution is 7.80. The summed E-state index contributed by atoms with van der Waals surface area (Å²) < 4.78 is 4.67. The van der Waals surface area contributed by atoms with E-state index >= 15 is 0 Å². The Balaban J connectivity index is 0. The molecular weight excluding hydrogens is 188 g/mol. The zero-order valence-electron chi connectivity index (χ0n) is 8.03. The molecule has 0 spiro atoms. The van der Waals surface area contributed by atoms with Gasteiger partial charge in [-0.1, -0.05) is 19.9 Å². The Labute approximate surface area is 85.2 Å². The van der Waals surface area contributed by atoms with Crippen LogP contribution in [0.4, 0.5) is 0 Å². The summed E-state index contributed by atoms with van der Waals surface area (Å²) in [5, 5.41) is 7.80. The van der Waals surface area contributed by atoms with Crippen molar-refractivity contribution in [3.8, 4) is 0 Å². The van der Waals surface area contributed by atoms with Gasteiger partial charge in [0.2, 0.25) is 0 Å². The zero-order chi connectivity index (χ0) is 10.5. The molecule has 0 heterocycles. The molecule has 0 atom stereocenters. The lowest BCUT2D eigenvalue weighted by Gasteiger charge is -1.97. The molecule has 0 fully saturated rings. The van der Waals surface area contributed by atoms with Gasteiger partial charge in [0, 0.05) is 11.8 Å². The highest BCUT2D eigenvalue weighted by Crippen LogP contribution is 1.88. The first-order valence-electron chi connectivity index (χ1n) is 4.23. The summed E-state index contributed by atoms with van der Waals surface area (Å²) in [5.41, 5.74) is 0. The third-order valence-corrected chi connectivity index (χ3v) is 1.21. The fraction of sp³-hybridized carbons (Fsp3) is 0.667. The van der Waals surface area contributed by atoms with Crippen LogP contribution in [0.2, 0.25) is 0 Å². The fourth-order valence-corrected chi connectivity index (χ4v) is 0.376. The normalized spacial score (nSPS) is 8.23. The number of hydrogen-bond acceptors (Lipinski definition) is 4. The zero-order valence-corrected chi connectivity index (χ0v) is 8.93. The number of aliphatic hydroxyl groups is 1. The number of rotatable bonds is 5.